The van der Waals surface area contributed by atoms with Gasteiger partial charge in [-0.1, -0.05) is 13.8 Å². The Morgan fingerprint density at radius 3 is 3.11 bits per heavy atom. The number of H-pyrrole nitrogens is 1. The summed E-state index contributed by atoms with van der Waals surface area (Å²) in [6.07, 6.45) is 9.10. The van der Waals surface area contributed by atoms with Crippen LogP contribution in [0, 0.1) is 11.8 Å². The number of rotatable bonds is 3. The standard InChI is InChI=1S/C14H21N3O/c1-11(2)12-4-3-7-17(9-12)14(18)6-5-13-8-15-10-16-13/h5-6,8,10-12H,3-4,7,9H2,1-2H3,(H,15,16)/b6-5+. The summed E-state index contributed by atoms with van der Waals surface area (Å²) < 4.78 is 0. The van der Waals surface area contributed by atoms with Crippen LogP contribution in [0.15, 0.2) is 18.6 Å². The van der Waals surface area contributed by atoms with Crippen molar-refractivity contribution in [3.63, 3.8) is 0 Å². The number of amides is 1. The summed E-state index contributed by atoms with van der Waals surface area (Å²) in [7, 11) is 0. The van der Waals surface area contributed by atoms with Gasteiger partial charge in [-0.2, -0.15) is 0 Å². The van der Waals surface area contributed by atoms with Crippen molar-refractivity contribution in [2.24, 2.45) is 11.8 Å². The molecule has 98 valence electrons. The van der Waals surface area contributed by atoms with Gasteiger partial charge in [0.1, 0.15) is 0 Å². The topological polar surface area (TPSA) is 49.0 Å². The lowest BCUT2D eigenvalue weighted by Crippen LogP contribution is -2.40. The number of aromatic nitrogens is 2. The van der Waals surface area contributed by atoms with Crippen LogP contribution in [0.2, 0.25) is 0 Å². The molecule has 0 spiro atoms. The maximum absolute atomic E-state index is 12.1. The molecule has 0 aliphatic carbocycles. The Morgan fingerprint density at radius 1 is 1.61 bits per heavy atom. The molecule has 1 aromatic rings. The average Bonchev–Trinajstić information content (AvgIpc) is 2.89. The summed E-state index contributed by atoms with van der Waals surface area (Å²) in [5, 5.41) is 0. The molecular formula is C14H21N3O. The molecule has 18 heavy (non-hydrogen) atoms. The van der Waals surface area contributed by atoms with E-state index in [-0.39, 0.29) is 5.91 Å². The quantitative estimate of drug-likeness (QED) is 0.833. The van der Waals surface area contributed by atoms with Gasteiger partial charge < -0.3 is 9.88 Å². The lowest BCUT2D eigenvalue weighted by atomic mass is 9.88. The van der Waals surface area contributed by atoms with Crippen LogP contribution in [0.1, 0.15) is 32.4 Å². The van der Waals surface area contributed by atoms with Crippen molar-refractivity contribution in [2.45, 2.75) is 26.7 Å². The van der Waals surface area contributed by atoms with Gasteiger partial charge in [-0.25, -0.2) is 4.98 Å². The van der Waals surface area contributed by atoms with Gasteiger partial charge in [-0.15, -0.1) is 0 Å². The fourth-order valence-corrected chi connectivity index (χ4v) is 2.38. The molecule has 1 saturated heterocycles. The minimum absolute atomic E-state index is 0.106. The first-order valence-electron chi connectivity index (χ1n) is 6.62. The SMILES string of the molecule is CC(C)C1CCCN(C(=O)/C=C/c2cnc[nH]2)C1. The van der Waals surface area contributed by atoms with Crippen LogP contribution in [-0.2, 0) is 4.79 Å². The molecule has 0 radical (unpaired) electrons. The lowest BCUT2D eigenvalue weighted by molar-refractivity contribution is -0.128. The highest BCUT2D eigenvalue weighted by Crippen LogP contribution is 2.23. The number of imidazole rings is 1. The number of carbonyl (C=O) groups excluding carboxylic acids is 1. The van der Waals surface area contributed by atoms with Crippen LogP contribution in [0.25, 0.3) is 6.08 Å². The van der Waals surface area contributed by atoms with Gasteiger partial charge in [0.15, 0.2) is 0 Å². The molecule has 1 aliphatic heterocycles. The molecule has 1 unspecified atom stereocenters. The van der Waals surface area contributed by atoms with E-state index in [9.17, 15) is 4.79 Å². The van der Waals surface area contributed by atoms with Crippen LogP contribution in [-0.4, -0.2) is 33.9 Å². The van der Waals surface area contributed by atoms with E-state index >= 15 is 0 Å². The number of hydrogen-bond acceptors (Lipinski definition) is 2. The van der Waals surface area contributed by atoms with E-state index in [0.717, 1.165) is 25.2 Å². The zero-order chi connectivity index (χ0) is 13.0. The predicted molar refractivity (Wildman–Crippen MR) is 71.8 cm³/mol. The Labute approximate surface area is 108 Å². The molecule has 0 bridgehead atoms. The fraction of sp³-hybridized carbons (Fsp3) is 0.571. The molecule has 1 atom stereocenters. The fourth-order valence-electron chi connectivity index (χ4n) is 2.38. The second-order valence-corrected chi connectivity index (χ2v) is 5.27. The molecule has 0 aromatic carbocycles. The minimum Gasteiger partial charge on any atom is -0.345 e. The maximum Gasteiger partial charge on any atom is 0.246 e. The third-order valence-corrected chi connectivity index (χ3v) is 3.64. The van der Waals surface area contributed by atoms with Crippen LogP contribution >= 0.6 is 0 Å². The number of nitrogens with zero attached hydrogens (tertiary/aromatic N) is 2. The molecule has 1 fully saturated rings. The number of carbonyl (C=O) groups is 1. The van der Waals surface area contributed by atoms with Gasteiger partial charge in [0, 0.05) is 19.2 Å². The van der Waals surface area contributed by atoms with Crippen molar-refractivity contribution in [1.82, 2.24) is 14.9 Å². The van der Waals surface area contributed by atoms with E-state index in [1.165, 1.54) is 6.42 Å². The van der Waals surface area contributed by atoms with E-state index in [2.05, 4.69) is 23.8 Å². The molecule has 4 heteroatoms. The number of likely N-dealkylation sites (tertiary alicyclic amines) is 1. The summed E-state index contributed by atoms with van der Waals surface area (Å²) in [5.41, 5.74) is 0.862. The number of hydrogen-bond donors (Lipinski definition) is 1. The first-order valence-corrected chi connectivity index (χ1v) is 6.62. The first kappa shape index (κ1) is 12.9. The van der Waals surface area contributed by atoms with E-state index < -0.39 is 0 Å². The Kier molecular flexibility index (Phi) is 4.18. The molecule has 1 aromatic heterocycles. The highest BCUT2D eigenvalue weighted by molar-refractivity contribution is 5.91. The van der Waals surface area contributed by atoms with Gasteiger partial charge in [-0.05, 0) is 30.8 Å². The molecule has 1 N–H and O–H groups in total. The van der Waals surface area contributed by atoms with Gasteiger partial charge in [0.25, 0.3) is 0 Å². The minimum atomic E-state index is 0.106. The third kappa shape index (κ3) is 3.22. The van der Waals surface area contributed by atoms with Crippen molar-refractivity contribution in [1.29, 1.82) is 0 Å². The molecular weight excluding hydrogens is 226 g/mol. The maximum atomic E-state index is 12.1. The lowest BCUT2D eigenvalue weighted by Gasteiger charge is -2.34. The summed E-state index contributed by atoms with van der Waals surface area (Å²) in [6, 6.07) is 0. The van der Waals surface area contributed by atoms with E-state index in [0.29, 0.717) is 11.8 Å². The largest absolute Gasteiger partial charge is 0.345 e. The Bertz CT molecular complexity index is 409. The predicted octanol–water partition coefficient (Wildman–Crippen LogP) is 2.32. The van der Waals surface area contributed by atoms with Gasteiger partial charge in [0.2, 0.25) is 5.91 Å². The van der Waals surface area contributed by atoms with Crippen molar-refractivity contribution in [3.8, 4) is 0 Å². The highest BCUT2D eigenvalue weighted by Gasteiger charge is 2.24. The van der Waals surface area contributed by atoms with E-state index in [1.807, 2.05) is 4.90 Å². The van der Waals surface area contributed by atoms with Gasteiger partial charge in [-0.3, -0.25) is 4.79 Å². The van der Waals surface area contributed by atoms with Gasteiger partial charge >= 0.3 is 0 Å². The summed E-state index contributed by atoms with van der Waals surface area (Å²) in [5.74, 6) is 1.40. The van der Waals surface area contributed by atoms with E-state index in [1.54, 1.807) is 24.7 Å². The van der Waals surface area contributed by atoms with Crippen molar-refractivity contribution < 1.29 is 4.79 Å². The Balaban J connectivity index is 1.92. The zero-order valence-corrected chi connectivity index (χ0v) is 11.1. The molecule has 2 rings (SSSR count). The molecule has 4 nitrogen and oxygen atoms in total. The Hall–Kier alpha value is -1.58. The second kappa shape index (κ2) is 5.85. The summed E-state index contributed by atoms with van der Waals surface area (Å²) in [4.78, 5) is 20.9. The van der Waals surface area contributed by atoms with Crippen LogP contribution < -0.4 is 0 Å². The van der Waals surface area contributed by atoms with Crippen LogP contribution in [0.3, 0.4) is 0 Å². The van der Waals surface area contributed by atoms with Crippen molar-refractivity contribution in [2.75, 3.05) is 13.1 Å². The molecule has 0 saturated carbocycles. The smallest absolute Gasteiger partial charge is 0.246 e. The second-order valence-electron chi connectivity index (χ2n) is 5.27. The first-order chi connectivity index (χ1) is 8.66. The number of nitrogens with one attached hydrogen (secondary N) is 1. The monoisotopic (exact) mass is 247 g/mol. The normalized spacial score (nSPS) is 20.8. The third-order valence-electron chi connectivity index (χ3n) is 3.64. The number of piperidine rings is 1. The Morgan fingerprint density at radius 2 is 2.44 bits per heavy atom. The van der Waals surface area contributed by atoms with Crippen LogP contribution in [0.4, 0.5) is 0 Å². The van der Waals surface area contributed by atoms with E-state index in [4.69, 9.17) is 0 Å². The molecule has 1 aliphatic rings. The molecule has 2 heterocycles. The van der Waals surface area contributed by atoms with Gasteiger partial charge in [0.05, 0.1) is 18.2 Å². The zero-order valence-electron chi connectivity index (χ0n) is 11.1. The van der Waals surface area contributed by atoms with Crippen molar-refractivity contribution >= 4 is 12.0 Å². The molecule has 1 amide bonds. The summed E-state index contributed by atoms with van der Waals surface area (Å²) >= 11 is 0. The van der Waals surface area contributed by atoms with Crippen molar-refractivity contribution in [3.05, 3.63) is 24.3 Å². The summed E-state index contributed by atoms with van der Waals surface area (Å²) in [6.45, 7) is 6.25. The highest BCUT2D eigenvalue weighted by atomic mass is 16.2. The number of aromatic amines is 1. The van der Waals surface area contributed by atoms with Crippen LogP contribution in [0.5, 0.6) is 0 Å². The average molecular weight is 247 g/mol.